The summed E-state index contributed by atoms with van der Waals surface area (Å²) in [7, 11) is 0. The normalized spacial score (nSPS) is 52.9. The molecule has 28 heavy (non-hydrogen) atoms. The van der Waals surface area contributed by atoms with E-state index < -0.39 is 17.1 Å². The molecule has 2 N–H and O–H groups in total. The van der Waals surface area contributed by atoms with E-state index in [1.165, 1.54) is 13.8 Å². The summed E-state index contributed by atoms with van der Waals surface area (Å²) in [6.45, 7) is 7.38. The number of Topliss-reactive ketones (excluding diaryl/α,β-unsaturated/α-hetero) is 1. The van der Waals surface area contributed by atoms with Crippen LogP contribution >= 0.6 is 0 Å². The zero-order chi connectivity index (χ0) is 20.5. The van der Waals surface area contributed by atoms with Crippen LogP contribution in [0, 0.1) is 34.5 Å². The first-order chi connectivity index (χ1) is 13.0. The zero-order valence-corrected chi connectivity index (χ0v) is 17.7. The van der Waals surface area contributed by atoms with E-state index in [9.17, 15) is 19.8 Å². The standard InChI is InChI=1S/C23H36O5/c1-13(24)23(27)20(26)12-19-17-6-5-15-11-16(28-14(2)25)7-9-21(15,3)18(17)8-10-22(19,23)4/h15-20,26-27H,5-12H2,1-4H3/t15-,16-,17-,18+,19+,20-,21-,22-,23-/m0/s1. The van der Waals surface area contributed by atoms with Crippen LogP contribution in [0.1, 0.15) is 79.1 Å². The molecule has 0 spiro atoms. The van der Waals surface area contributed by atoms with Gasteiger partial charge in [0.1, 0.15) is 6.10 Å². The SMILES string of the molecule is CC(=O)O[C@H]1CC[C@@]2(C)[C@@H](CC[C@H]3[C@H]2CC[C@@]2(C)[C@@H]3C[C@H](O)[C@@]2(O)C(C)=O)C1. The fourth-order valence-corrected chi connectivity index (χ4v) is 8.22. The molecule has 0 heterocycles. The Balaban J connectivity index is 1.59. The fraction of sp³-hybridized carbons (Fsp3) is 0.913. The van der Waals surface area contributed by atoms with Gasteiger partial charge in [0.05, 0.1) is 6.10 Å². The van der Waals surface area contributed by atoms with Crippen LogP contribution in [0.4, 0.5) is 0 Å². The van der Waals surface area contributed by atoms with Crippen LogP contribution in [-0.4, -0.2) is 39.8 Å². The van der Waals surface area contributed by atoms with Crippen molar-refractivity contribution in [3.8, 4) is 0 Å². The smallest absolute Gasteiger partial charge is 0.302 e. The molecule has 4 fully saturated rings. The number of carbonyl (C=O) groups is 2. The van der Waals surface area contributed by atoms with Crippen molar-refractivity contribution < 1.29 is 24.5 Å². The second kappa shape index (κ2) is 6.53. The Morgan fingerprint density at radius 2 is 1.68 bits per heavy atom. The minimum Gasteiger partial charge on any atom is -0.463 e. The van der Waals surface area contributed by atoms with Crippen LogP contribution in [0.15, 0.2) is 0 Å². The van der Waals surface area contributed by atoms with Gasteiger partial charge in [-0.3, -0.25) is 9.59 Å². The van der Waals surface area contributed by atoms with E-state index in [1.54, 1.807) is 0 Å². The molecule has 0 aromatic rings. The van der Waals surface area contributed by atoms with E-state index >= 15 is 0 Å². The van der Waals surface area contributed by atoms with E-state index in [-0.39, 0.29) is 29.2 Å². The maximum Gasteiger partial charge on any atom is 0.302 e. The van der Waals surface area contributed by atoms with Crippen LogP contribution in [0.3, 0.4) is 0 Å². The minimum absolute atomic E-state index is 0.0529. The summed E-state index contributed by atoms with van der Waals surface area (Å²) in [5.74, 6) is 1.30. The second-order valence-corrected chi connectivity index (χ2v) is 10.7. The number of aliphatic hydroxyl groups is 2. The van der Waals surface area contributed by atoms with Crippen molar-refractivity contribution in [1.82, 2.24) is 0 Å². The van der Waals surface area contributed by atoms with Gasteiger partial charge in [0.25, 0.3) is 0 Å². The van der Waals surface area contributed by atoms with Crippen LogP contribution in [0.2, 0.25) is 0 Å². The third kappa shape index (κ3) is 2.57. The Morgan fingerprint density at radius 3 is 2.32 bits per heavy atom. The first-order valence-corrected chi connectivity index (χ1v) is 11.1. The molecule has 4 saturated carbocycles. The quantitative estimate of drug-likeness (QED) is 0.705. The minimum atomic E-state index is -1.60. The molecule has 5 heteroatoms. The molecule has 0 saturated heterocycles. The molecule has 4 rings (SSSR count). The molecule has 0 aliphatic heterocycles. The van der Waals surface area contributed by atoms with Gasteiger partial charge in [-0.25, -0.2) is 0 Å². The highest BCUT2D eigenvalue weighted by atomic mass is 16.5. The fourth-order valence-electron chi connectivity index (χ4n) is 8.22. The molecule has 4 aliphatic carbocycles. The summed E-state index contributed by atoms with van der Waals surface area (Å²) in [5, 5.41) is 21.9. The summed E-state index contributed by atoms with van der Waals surface area (Å²) >= 11 is 0. The lowest BCUT2D eigenvalue weighted by Crippen LogP contribution is -2.60. The molecule has 5 nitrogen and oxygen atoms in total. The van der Waals surface area contributed by atoms with Crippen molar-refractivity contribution in [1.29, 1.82) is 0 Å². The van der Waals surface area contributed by atoms with Gasteiger partial charge in [-0.15, -0.1) is 0 Å². The van der Waals surface area contributed by atoms with Gasteiger partial charge in [0.15, 0.2) is 11.4 Å². The van der Waals surface area contributed by atoms with Gasteiger partial charge < -0.3 is 14.9 Å². The van der Waals surface area contributed by atoms with E-state index in [0.717, 1.165) is 44.9 Å². The molecule has 0 unspecified atom stereocenters. The highest BCUT2D eigenvalue weighted by Gasteiger charge is 2.69. The number of hydrogen-bond acceptors (Lipinski definition) is 5. The zero-order valence-electron chi connectivity index (χ0n) is 17.7. The molecular formula is C23H36O5. The highest BCUT2D eigenvalue weighted by Crippen LogP contribution is 2.68. The summed E-state index contributed by atoms with van der Waals surface area (Å²) in [4.78, 5) is 23.8. The van der Waals surface area contributed by atoms with E-state index in [0.29, 0.717) is 24.2 Å². The van der Waals surface area contributed by atoms with Gasteiger partial charge in [-0.2, -0.15) is 0 Å². The second-order valence-electron chi connectivity index (χ2n) is 10.7. The number of rotatable bonds is 2. The predicted molar refractivity (Wildman–Crippen MR) is 104 cm³/mol. The van der Waals surface area contributed by atoms with Crippen LogP contribution < -0.4 is 0 Å². The number of esters is 1. The van der Waals surface area contributed by atoms with E-state index in [2.05, 4.69) is 6.92 Å². The average molecular weight is 393 g/mol. The maximum atomic E-state index is 12.4. The summed E-state index contributed by atoms with van der Waals surface area (Å²) in [5.41, 5.74) is -1.91. The summed E-state index contributed by atoms with van der Waals surface area (Å²) in [6.07, 6.45) is 6.58. The Hall–Kier alpha value is -0.940. The predicted octanol–water partition coefficient (Wildman–Crippen LogP) is 3.25. The highest BCUT2D eigenvalue weighted by molar-refractivity contribution is 5.87. The van der Waals surface area contributed by atoms with Crippen molar-refractivity contribution in [2.24, 2.45) is 34.5 Å². The van der Waals surface area contributed by atoms with E-state index in [4.69, 9.17) is 4.74 Å². The number of ether oxygens (including phenoxy) is 1. The van der Waals surface area contributed by atoms with Crippen molar-refractivity contribution in [2.45, 2.75) is 96.9 Å². The molecule has 0 aromatic carbocycles. The third-order valence-corrected chi connectivity index (χ3v) is 9.71. The lowest BCUT2D eigenvalue weighted by atomic mass is 9.44. The molecular weight excluding hydrogens is 356 g/mol. The van der Waals surface area contributed by atoms with Gasteiger partial charge in [0.2, 0.25) is 0 Å². The monoisotopic (exact) mass is 392 g/mol. The Labute approximate surface area is 168 Å². The first kappa shape index (κ1) is 20.3. The number of aliphatic hydroxyl groups excluding tert-OH is 1. The molecule has 0 aromatic heterocycles. The summed E-state index contributed by atoms with van der Waals surface area (Å²) < 4.78 is 5.53. The van der Waals surface area contributed by atoms with Crippen molar-refractivity contribution in [3.63, 3.8) is 0 Å². The Bertz CT molecular complexity index is 676. The number of hydrogen-bond donors (Lipinski definition) is 2. The molecule has 158 valence electrons. The number of fused-ring (bicyclic) bond motifs is 5. The topological polar surface area (TPSA) is 83.8 Å². The van der Waals surface area contributed by atoms with Gasteiger partial charge in [0, 0.05) is 12.3 Å². The van der Waals surface area contributed by atoms with Gasteiger partial charge in [-0.05, 0) is 87.4 Å². The van der Waals surface area contributed by atoms with Crippen LogP contribution in [0.25, 0.3) is 0 Å². The van der Waals surface area contributed by atoms with E-state index in [1.807, 2.05) is 6.92 Å². The molecule has 0 bridgehead atoms. The Kier molecular flexibility index (Phi) is 4.74. The van der Waals surface area contributed by atoms with Crippen molar-refractivity contribution in [3.05, 3.63) is 0 Å². The number of ketones is 1. The van der Waals surface area contributed by atoms with Gasteiger partial charge in [-0.1, -0.05) is 13.8 Å². The van der Waals surface area contributed by atoms with Crippen molar-refractivity contribution in [2.75, 3.05) is 0 Å². The van der Waals surface area contributed by atoms with Crippen LogP contribution in [-0.2, 0) is 14.3 Å². The largest absolute Gasteiger partial charge is 0.463 e. The summed E-state index contributed by atoms with van der Waals surface area (Å²) in [6, 6.07) is 0. The molecule has 0 radical (unpaired) electrons. The lowest BCUT2D eigenvalue weighted by molar-refractivity contribution is -0.183. The average Bonchev–Trinajstić information content (AvgIpc) is 2.83. The maximum absolute atomic E-state index is 12.4. The molecule has 0 amide bonds. The first-order valence-electron chi connectivity index (χ1n) is 11.1. The third-order valence-electron chi connectivity index (χ3n) is 9.71. The number of carbonyl (C=O) groups excluding carboxylic acids is 2. The van der Waals surface area contributed by atoms with Crippen LogP contribution in [0.5, 0.6) is 0 Å². The Morgan fingerprint density at radius 1 is 0.964 bits per heavy atom. The van der Waals surface area contributed by atoms with Crippen molar-refractivity contribution >= 4 is 11.8 Å². The lowest BCUT2D eigenvalue weighted by Gasteiger charge is -2.61. The van der Waals surface area contributed by atoms with Gasteiger partial charge >= 0.3 is 5.97 Å². The molecule has 9 atom stereocenters. The molecule has 4 aliphatic rings.